The molecular weight excluding hydrogens is 308 g/mol. The molecule has 1 atom stereocenters. The van der Waals surface area contributed by atoms with Gasteiger partial charge in [0.2, 0.25) is 0 Å². The minimum absolute atomic E-state index is 0.197. The van der Waals surface area contributed by atoms with Crippen molar-refractivity contribution in [2.24, 2.45) is 5.92 Å². The molecule has 0 N–H and O–H groups in total. The molecule has 2 nitrogen and oxygen atoms in total. The van der Waals surface area contributed by atoms with Crippen LogP contribution in [-0.2, 0) is 9.53 Å². The average molecular weight is 330 g/mol. The summed E-state index contributed by atoms with van der Waals surface area (Å²) in [7, 11) is 0. The van der Waals surface area contributed by atoms with Crippen LogP contribution in [0.2, 0.25) is 0 Å². The van der Waals surface area contributed by atoms with Crippen molar-refractivity contribution in [1.29, 1.82) is 0 Å². The van der Waals surface area contributed by atoms with Gasteiger partial charge in [0.15, 0.2) is 0 Å². The second-order valence-electron chi connectivity index (χ2n) is 6.05. The number of carbonyl (C=O) groups excluding carboxylic acids is 1. The highest BCUT2D eigenvalue weighted by molar-refractivity contribution is 5.90. The van der Waals surface area contributed by atoms with Gasteiger partial charge in [-0.25, -0.2) is 0 Å². The summed E-state index contributed by atoms with van der Waals surface area (Å²) in [6.45, 7) is 4.10. The summed E-state index contributed by atoms with van der Waals surface area (Å²) in [5, 5.41) is 2.39. The second kappa shape index (κ2) is 7.80. The van der Waals surface area contributed by atoms with Gasteiger partial charge in [-0.1, -0.05) is 72.8 Å². The number of ether oxygens (including phenoxy) is 1. The van der Waals surface area contributed by atoms with E-state index in [-0.39, 0.29) is 11.9 Å². The van der Waals surface area contributed by atoms with Crippen molar-refractivity contribution < 1.29 is 9.53 Å². The van der Waals surface area contributed by atoms with Crippen LogP contribution in [0.5, 0.6) is 0 Å². The number of benzene rings is 3. The molecule has 0 bridgehead atoms. The Morgan fingerprint density at radius 2 is 1.60 bits per heavy atom. The van der Waals surface area contributed by atoms with Gasteiger partial charge >= 0.3 is 5.97 Å². The molecule has 0 aromatic heterocycles. The van der Waals surface area contributed by atoms with Crippen LogP contribution < -0.4 is 0 Å². The van der Waals surface area contributed by atoms with Crippen molar-refractivity contribution >= 4 is 22.3 Å². The number of hydrogen-bond donors (Lipinski definition) is 0. The molecule has 1 unspecified atom stereocenters. The fraction of sp³-hybridized carbons (Fsp3) is 0.174. The monoisotopic (exact) mass is 330 g/mol. The summed E-state index contributed by atoms with van der Waals surface area (Å²) in [4.78, 5) is 12.1. The number of carbonyl (C=O) groups is 1. The maximum Gasteiger partial charge on any atom is 0.312 e. The first kappa shape index (κ1) is 17.0. The molecule has 2 heteroatoms. The molecule has 126 valence electrons. The van der Waals surface area contributed by atoms with E-state index in [9.17, 15) is 4.79 Å². The first-order valence-electron chi connectivity index (χ1n) is 8.62. The lowest BCUT2D eigenvalue weighted by Crippen LogP contribution is -2.13. The van der Waals surface area contributed by atoms with Crippen molar-refractivity contribution in [2.45, 2.75) is 13.8 Å². The van der Waals surface area contributed by atoms with E-state index in [1.165, 1.54) is 10.8 Å². The van der Waals surface area contributed by atoms with Gasteiger partial charge in [0.1, 0.15) is 0 Å². The number of esters is 1. The maximum atomic E-state index is 12.1. The number of hydrogen-bond acceptors (Lipinski definition) is 2. The van der Waals surface area contributed by atoms with Crippen molar-refractivity contribution in [3.8, 4) is 0 Å². The highest BCUT2D eigenvalue weighted by Crippen LogP contribution is 2.28. The predicted molar refractivity (Wildman–Crippen MR) is 103 cm³/mol. The van der Waals surface area contributed by atoms with Gasteiger partial charge in [-0.05, 0) is 47.4 Å². The van der Waals surface area contributed by atoms with Crippen LogP contribution in [0.4, 0.5) is 0 Å². The quantitative estimate of drug-likeness (QED) is 0.580. The minimum Gasteiger partial charge on any atom is -0.466 e. The second-order valence-corrected chi connectivity index (χ2v) is 6.05. The van der Waals surface area contributed by atoms with E-state index < -0.39 is 0 Å². The Labute approximate surface area is 148 Å². The molecule has 0 spiro atoms. The van der Waals surface area contributed by atoms with Gasteiger partial charge < -0.3 is 4.74 Å². The lowest BCUT2D eigenvalue weighted by molar-refractivity contribution is -0.145. The molecule has 25 heavy (non-hydrogen) atoms. The van der Waals surface area contributed by atoms with Crippen LogP contribution in [0.1, 0.15) is 25.0 Å². The third kappa shape index (κ3) is 3.97. The van der Waals surface area contributed by atoms with E-state index in [4.69, 9.17) is 4.74 Å². The van der Waals surface area contributed by atoms with Crippen LogP contribution in [-0.4, -0.2) is 12.6 Å². The SMILES string of the molecule is CCOC(=O)C(C)/C=C(\c1ccccc1)c1ccc2ccccc2c1. The van der Waals surface area contributed by atoms with Gasteiger partial charge in [0, 0.05) is 0 Å². The standard InChI is InChI=1S/C23H22O2/c1-3-25-23(24)17(2)15-22(19-10-5-4-6-11-19)21-14-13-18-9-7-8-12-20(18)16-21/h4-17H,3H2,1-2H3/b22-15+. The summed E-state index contributed by atoms with van der Waals surface area (Å²) < 4.78 is 5.16. The zero-order valence-corrected chi connectivity index (χ0v) is 14.6. The van der Waals surface area contributed by atoms with Gasteiger partial charge in [0.25, 0.3) is 0 Å². The van der Waals surface area contributed by atoms with Gasteiger partial charge in [-0.3, -0.25) is 4.79 Å². The van der Waals surface area contributed by atoms with Crippen molar-refractivity contribution in [3.05, 3.63) is 90.0 Å². The smallest absolute Gasteiger partial charge is 0.312 e. The molecule has 3 aromatic rings. The van der Waals surface area contributed by atoms with Crippen LogP contribution in [0.3, 0.4) is 0 Å². The van der Waals surface area contributed by atoms with E-state index in [0.717, 1.165) is 16.7 Å². The Balaban J connectivity index is 2.08. The summed E-state index contributed by atoms with van der Waals surface area (Å²) >= 11 is 0. The Kier molecular flexibility index (Phi) is 5.30. The molecule has 0 radical (unpaired) electrons. The van der Waals surface area contributed by atoms with Crippen LogP contribution in [0, 0.1) is 5.92 Å². The zero-order valence-electron chi connectivity index (χ0n) is 14.6. The Morgan fingerprint density at radius 1 is 0.920 bits per heavy atom. The lowest BCUT2D eigenvalue weighted by Gasteiger charge is -2.13. The summed E-state index contributed by atoms with van der Waals surface area (Å²) in [5.41, 5.74) is 3.24. The van der Waals surface area contributed by atoms with E-state index in [0.29, 0.717) is 6.61 Å². The Bertz CT molecular complexity index is 894. The van der Waals surface area contributed by atoms with Crippen molar-refractivity contribution in [2.75, 3.05) is 6.61 Å². The molecule has 3 aromatic carbocycles. The Hall–Kier alpha value is -2.87. The van der Waals surface area contributed by atoms with Crippen LogP contribution >= 0.6 is 0 Å². The molecule has 0 aliphatic carbocycles. The lowest BCUT2D eigenvalue weighted by atomic mass is 9.93. The third-order valence-corrected chi connectivity index (χ3v) is 4.22. The fourth-order valence-corrected chi connectivity index (χ4v) is 2.93. The van der Waals surface area contributed by atoms with E-state index >= 15 is 0 Å². The topological polar surface area (TPSA) is 26.3 Å². The number of rotatable bonds is 5. The van der Waals surface area contributed by atoms with Crippen molar-refractivity contribution in [3.63, 3.8) is 0 Å². The minimum atomic E-state index is -0.304. The zero-order chi connectivity index (χ0) is 17.6. The van der Waals surface area contributed by atoms with Crippen LogP contribution in [0.15, 0.2) is 78.9 Å². The summed E-state index contributed by atoms with van der Waals surface area (Å²) in [6.07, 6.45) is 2.00. The number of fused-ring (bicyclic) bond motifs is 1. The largest absolute Gasteiger partial charge is 0.466 e. The first-order valence-corrected chi connectivity index (χ1v) is 8.62. The fourth-order valence-electron chi connectivity index (χ4n) is 2.93. The summed E-state index contributed by atoms with van der Waals surface area (Å²) in [5.74, 6) is -0.502. The predicted octanol–water partition coefficient (Wildman–Crippen LogP) is 5.47. The first-order chi connectivity index (χ1) is 12.2. The van der Waals surface area contributed by atoms with Gasteiger partial charge in [0.05, 0.1) is 12.5 Å². The maximum absolute atomic E-state index is 12.1. The molecular formula is C23H22O2. The average Bonchev–Trinajstić information content (AvgIpc) is 2.66. The summed E-state index contributed by atoms with van der Waals surface area (Å²) in [6, 6.07) is 24.9. The molecule has 0 amide bonds. The molecule has 0 aliphatic heterocycles. The van der Waals surface area contributed by atoms with E-state index in [1.54, 1.807) is 0 Å². The highest BCUT2D eigenvalue weighted by Gasteiger charge is 2.14. The van der Waals surface area contributed by atoms with Gasteiger partial charge in [-0.15, -0.1) is 0 Å². The molecule has 0 saturated carbocycles. The molecule has 0 aliphatic rings. The van der Waals surface area contributed by atoms with Crippen molar-refractivity contribution in [1.82, 2.24) is 0 Å². The normalized spacial score (nSPS) is 12.8. The molecule has 0 saturated heterocycles. The van der Waals surface area contributed by atoms with E-state index in [1.807, 2.05) is 50.3 Å². The molecule has 0 heterocycles. The highest BCUT2D eigenvalue weighted by atomic mass is 16.5. The van der Waals surface area contributed by atoms with Crippen LogP contribution in [0.25, 0.3) is 16.3 Å². The Morgan fingerprint density at radius 3 is 2.32 bits per heavy atom. The molecule has 3 rings (SSSR count). The van der Waals surface area contributed by atoms with E-state index in [2.05, 4.69) is 42.5 Å². The van der Waals surface area contributed by atoms with Gasteiger partial charge in [-0.2, -0.15) is 0 Å². The third-order valence-electron chi connectivity index (χ3n) is 4.22. The molecule has 0 fully saturated rings.